The molecule has 0 saturated heterocycles. The molecule has 0 radical (unpaired) electrons. The number of nitrogens with zero attached hydrogens (tertiary/aromatic N) is 1. The Bertz CT molecular complexity index is 560. The molecule has 1 aromatic carbocycles. The Kier molecular flexibility index (Phi) is 1.78. The Balaban J connectivity index is 2.30. The van der Waals surface area contributed by atoms with Crippen LogP contribution in [0.25, 0.3) is 11.0 Å². The van der Waals surface area contributed by atoms with Crippen molar-refractivity contribution in [3.8, 4) is 6.07 Å². The molecule has 0 unspecified atom stereocenters. The Morgan fingerprint density at radius 1 is 1.20 bits per heavy atom. The fourth-order valence-electron chi connectivity index (χ4n) is 2.33. The van der Waals surface area contributed by atoms with E-state index in [1.807, 2.05) is 18.2 Å². The van der Waals surface area contributed by atoms with Crippen molar-refractivity contribution in [2.24, 2.45) is 0 Å². The summed E-state index contributed by atoms with van der Waals surface area (Å²) in [5.74, 6) is 1.13. The molecule has 15 heavy (non-hydrogen) atoms. The lowest BCUT2D eigenvalue weighted by Gasteiger charge is -2.08. The Morgan fingerprint density at radius 2 is 2.07 bits per heavy atom. The summed E-state index contributed by atoms with van der Waals surface area (Å²) >= 11 is 0. The van der Waals surface area contributed by atoms with Gasteiger partial charge in [-0.25, -0.2) is 0 Å². The minimum Gasteiger partial charge on any atom is -0.461 e. The predicted octanol–water partition coefficient (Wildman–Crippen LogP) is 3.18. The monoisotopic (exact) mass is 197 g/mol. The summed E-state index contributed by atoms with van der Waals surface area (Å²) < 4.78 is 5.78. The van der Waals surface area contributed by atoms with Gasteiger partial charge in [-0.3, -0.25) is 0 Å². The fourth-order valence-corrected chi connectivity index (χ4v) is 2.33. The summed E-state index contributed by atoms with van der Waals surface area (Å²) in [5, 5.41) is 10.0. The van der Waals surface area contributed by atoms with Gasteiger partial charge in [-0.15, -0.1) is 0 Å². The number of hydrogen-bond acceptors (Lipinski definition) is 2. The van der Waals surface area contributed by atoms with E-state index in [9.17, 15) is 0 Å². The second-order valence-corrected chi connectivity index (χ2v) is 4.03. The second kappa shape index (κ2) is 3.13. The van der Waals surface area contributed by atoms with Gasteiger partial charge in [-0.05, 0) is 37.5 Å². The summed E-state index contributed by atoms with van der Waals surface area (Å²) in [7, 11) is 0. The van der Waals surface area contributed by atoms with Crippen LogP contribution in [0.2, 0.25) is 0 Å². The first-order chi connectivity index (χ1) is 7.38. The molecule has 0 N–H and O–H groups in total. The van der Waals surface area contributed by atoms with Crippen molar-refractivity contribution in [1.82, 2.24) is 0 Å². The Morgan fingerprint density at radius 3 is 2.93 bits per heavy atom. The van der Waals surface area contributed by atoms with Gasteiger partial charge < -0.3 is 4.42 Å². The minimum absolute atomic E-state index is 0.719. The van der Waals surface area contributed by atoms with E-state index in [0.29, 0.717) is 0 Å². The number of fused-ring (bicyclic) bond motifs is 3. The third-order valence-electron chi connectivity index (χ3n) is 3.08. The highest BCUT2D eigenvalue weighted by Crippen LogP contribution is 2.32. The summed E-state index contributed by atoms with van der Waals surface area (Å²) in [4.78, 5) is 0. The molecule has 2 aromatic rings. The van der Waals surface area contributed by atoms with Crippen molar-refractivity contribution in [3.63, 3.8) is 0 Å². The van der Waals surface area contributed by atoms with Crippen molar-refractivity contribution in [1.29, 1.82) is 5.26 Å². The van der Waals surface area contributed by atoms with Gasteiger partial charge in [0.25, 0.3) is 0 Å². The Labute approximate surface area is 88.1 Å². The van der Waals surface area contributed by atoms with E-state index in [1.165, 1.54) is 18.4 Å². The largest absolute Gasteiger partial charge is 0.461 e. The van der Waals surface area contributed by atoms with Gasteiger partial charge in [0.1, 0.15) is 11.3 Å². The third-order valence-corrected chi connectivity index (χ3v) is 3.08. The molecule has 0 fully saturated rings. The molecule has 1 aromatic heterocycles. The third kappa shape index (κ3) is 1.24. The standard InChI is InChI=1S/C13H11NO/c14-8-9-5-6-13-11(7-9)10-3-1-2-4-12(10)15-13/h5-7H,1-4H2. The van der Waals surface area contributed by atoms with Gasteiger partial charge >= 0.3 is 0 Å². The minimum atomic E-state index is 0.719. The van der Waals surface area contributed by atoms with Crippen LogP contribution in [0.3, 0.4) is 0 Å². The molecule has 1 aliphatic carbocycles. The van der Waals surface area contributed by atoms with Crippen LogP contribution in [0.4, 0.5) is 0 Å². The van der Waals surface area contributed by atoms with Crippen molar-refractivity contribution in [3.05, 3.63) is 35.1 Å². The maximum atomic E-state index is 8.86. The van der Waals surface area contributed by atoms with Gasteiger partial charge in [0.05, 0.1) is 11.6 Å². The van der Waals surface area contributed by atoms with E-state index >= 15 is 0 Å². The summed E-state index contributed by atoms with van der Waals surface area (Å²) in [6, 6.07) is 7.85. The van der Waals surface area contributed by atoms with Crippen molar-refractivity contribution < 1.29 is 4.42 Å². The number of benzene rings is 1. The summed E-state index contributed by atoms with van der Waals surface area (Å²) in [5.41, 5.74) is 2.98. The molecule has 74 valence electrons. The van der Waals surface area contributed by atoms with E-state index < -0.39 is 0 Å². The highest BCUT2D eigenvalue weighted by atomic mass is 16.3. The predicted molar refractivity (Wildman–Crippen MR) is 57.6 cm³/mol. The van der Waals surface area contributed by atoms with Gasteiger partial charge in [-0.2, -0.15) is 5.26 Å². The maximum Gasteiger partial charge on any atom is 0.134 e. The van der Waals surface area contributed by atoms with Crippen LogP contribution < -0.4 is 0 Å². The van der Waals surface area contributed by atoms with E-state index in [-0.39, 0.29) is 0 Å². The number of rotatable bonds is 0. The zero-order valence-corrected chi connectivity index (χ0v) is 8.42. The van der Waals surface area contributed by atoms with Crippen LogP contribution in [0.1, 0.15) is 29.7 Å². The SMILES string of the molecule is N#Cc1ccc2oc3c(c2c1)CCCC3. The van der Waals surface area contributed by atoms with Gasteiger partial charge in [0.15, 0.2) is 0 Å². The van der Waals surface area contributed by atoms with Crippen LogP contribution in [0.5, 0.6) is 0 Å². The van der Waals surface area contributed by atoms with Crippen LogP contribution >= 0.6 is 0 Å². The molecule has 1 heterocycles. The smallest absolute Gasteiger partial charge is 0.134 e. The number of hydrogen-bond donors (Lipinski definition) is 0. The average Bonchev–Trinajstić information content (AvgIpc) is 2.66. The zero-order valence-electron chi connectivity index (χ0n) is 8.42. The molecule has 1 aliphatic rings. The molecule has 0 aliphatic heterocycles. The normalized spacial score (nSPS) is 14.9. The van der Waals surface area contributed by atoms with Crippen LogP contribution in [0.15, 0.2) is 22.6 Å². The Hall–Kier alpha value is -1.75. The van der Waals surface area contributed by atoms with Crippen molar-refractivity contribution in [2.45, 2.75) is 25.7 Å². The highest BCUT2D eigenvalue weighted by Gasteiger charge is 2.17. The zero-order chi connectivity index (χ0) is 10.3. The second-order valence-electron chi connectivity index (χ2n) is 4.03. The fraction of sp³-hybridized carbons (Fsp3) is 0.308. The van der Waals surface area contributed by atoms with Crippen LogP contribution in [0, 0.1) is 11.3 Å². The van der Waals surface area contributed by atoms with Crippen LogP contribution in [-0.4, -0.2) is 0 Å². The molecule has 2 heteroatoms. The number of aryl methyl sites for hydroxylation is 2. The number of furan rings is 1. The first-order valence-corrected chi connectivity index (χ1v) is 5.33. The lowest BCUT2D eigenvalue weighted by atomic mass is 9.95. The van der Waals surface area contributed by atoms with E-state index in [2.05, 4.69) is 6.07 Å². The lowest BCUT2D eigenvalue weighted by molar-refractivity contribution is 0.506. The molecule has 3 rings (SSSR count). The number of nitriles is 1. The van der Waals surface area contributed by atoms with Crippen molar-refractivity contribution in [2.75, 3.05) is 0 Å². The van der Waals surface area contributed by atoms with E-state index in [0.717, 1.165) is 35.1 Å². The molecule has 0 spiro atoms. The van der Waals surface area contributed by atoms with Gasteiger partial charge in [0.2, 0.25) is 0 Å². The first-order valence-electron chi connectivity index (χ1n) is 5.33. The summed E-state index contributed by atoms with van der Waals surface area (Å²) in [6.45, 7) is 0. The first kappa shape index (κ1) is 8.55. The molecular formula is C13H11NO. The highest BCUT2D eigenvalue weighted by molar-refractivity contribution is 5.83. The van der Waals surface area contributed by atoms with Gasteiger partial charge in [0, 0.05) is 17.4 Å². The average molecular weight is 197 g/mol. The van der Waals surface area contributed by atoms with E-state index in [1.54, 1.807) is 0 Å². The van der Waals surface area contributed by atoms with Crippen LogP contribution in [-0.2, 0) is 12.8 Å². The van der Waals surface area contributed by atoms with E-state index in [4.69, 9.17) is 9.68 Å². The molecule has 0 amide bonds. The molecule has 2 nitrogen and oxygen atoms in total. The maximum absolute atomic E-state index is 8.86. The molecule has 0 bridgehead atoms. The quantitative estimate of drug-likeness (QED) is 0.650. The summed E-state index contributed by atoms with van der Waals surface area (Å²) in [6.07, 6.45) is 4.60. The van der Waals surface area contributed by atoms with Gasteiger partial charge in [-0.1, -0.05) is 0 Å². The molecular weight excluding hydrogens is 186 g/mol. The molecule has 0 atom stereocenters. The topological polar surface area (TPSA) is 36.9 Å². The van der Waals surface area contributed by atoms with Crippen molar-refractivity contribution >= 4 is 11.0 Å². The lowest BCUT2D eigenvalue weighted by Crippen LogP contribution is -1.98. The molecule has 0 saturated carbocycles.